The molecule has 0 fully saturated rings. The maximum atomic E-state index is 11.1. The monoisotopic (exact) mass is 256 g/mol. The highest BCUT2D eigenvalue weighted by atomic mass is 24.3. The van der Waals surface area contributed by atoms with Crippen molar-refractivity contribution in [2.75, 3.05) is 0 Å². The Morgan fingerprint density at radius 1 is 1.12 bits per heavy atom. The summed E-state index contributed by atoms with van der Waals surface area (Å²) in [4.78, 5) is 22.2. The van der Waals surface area contributed by atoms with E-state index >= 15 is 0 Å². The molecule has 0 radical (unpaired) electrons. The van der Waals surface area contributed by atoms with Crippen molar-refractivity contribution in [3.05, 3.63) is 0 Å². The van der Waals surface area contributed by atoms with Crippen molar-refractivity contribution in [2.24, 2.45) is 11.3 Å². The van der Waals surface area contributed by atoms with Crippen molar-refractivity contribution in [3.63, 3.8) is 0 Å². The Hall–Kier alpha value is -0.294. The van der Waals surface area contributed by atoms with Crippen LogP contribution in [0.2, 0.25) is 0 Å². The smallest absolute Gasteiger partial charge is 0.321 e. The van der Waals surface area contributed by atoms with E-state index in [0.29, 0.717) is 12.8 Å². The van der Waals surface area contributed by atoms with Gasteiger partial charge in [-0.3, -0.25) is 9.59 Å². The van der Waals surface area contributed by atoms with E-state index in [1.54, 1.807) is 0 Å². The van der Waals surface area contributed by atoms with Crippen LogP contribution >= 0.6 is 0 Å². The number of aliphatic carboxylic acids is 2. The minimum absolute atomic E-state index is 0. The Bertz CT molecular complexity index is 239. The Morgan fingerprint density at radius 2 is 1.59 bits per heavy atom. The van der Waals surface area contributed by atoms with Gasteiger partial charge in [-0.25, -0.2) is 0 Å². The fourth-order valence-corrected chi connectivity index (χ4v) is 1.98. The lowest BCUT2D eigenvalue weighted by Gasteiger charge is -2.29. The first-order valence-corrected chi connectivity index (χ1v) is 5.87. The lowest BCUT2D eigenvalue weighted by Crippen LogP contribution is -2.43. The number of carbonyl (C=O) groups is 2. The van der Waals surface area contributed by atoms with Crippen molar-refractivity contribution in [3.8, 4) is 0 Å². The van der Waals surface area contributed by atoms with Crippen LogP contribution in [0.5, 0.6) is 0 Å². The molecule has 0 bridgehead atoms. The van der Waals surface area contributed by atoms with E-state index in [-0.39, 0.29) is 29.0 Å². The van der Waals surface area contributed by atoms with Gasteiger partial charge in [-0.15, -0.1) is 0 Å². The summed E-state index contributed by atoms with van der Waals surface area (Å²) in [6.07, 6.45) is 4.21. The summed E-state index contributed by atoms with van der Waals surface area (Å²) < 4.78 is 0. The first-order chi connectivity index (χ1) is 7.41. The van der Waals surface area contributed by atoms with Gasteiger partial charge in [-0.2, -0.15) is 0 Å². The van der Waals surface area contributed by atoms with Crippen LogP contribution in [-0.4, -0.2) is 45.2 Å². The quantitative estimate of drug-likeness (QED) is 0.395. The van der Waals surface area contributed by atoms with E-state index in [0.717, 1.165) is 19.3 Å². The van der Waals surface area contributed by atoms with E-state index in [4.69, 9.17) is 10.2 Å². The van der Waals surface area contributed by atoms with Crippen LogP contribution in [0, 0.1) is 11.3 Å². The van der Waals surface area contributed by atoms with E-state index in [2.05, 4.69) is 6.92 Å². The first kappa shape index (κ1) is 19.1. The van der Waals surface area contributed by atoms with Crippen LogP contribution in [0.3, 0.4) is 0 Å². The minimum atomic E-state index is -1.65. The fraction of sp³-hybridized carbons (Fsp3) is 0.833. The Morgan fingerprint density at radius 3 is 1.88 bits per heavy atom. The maximum absolute atomic E-state index is 11.1. The highest BCUT2D eigenvalue weighted by Gasteiger charge is 2.47. The zero-order valence-electron chi connectivity index (χ0n) is 10.3. The second kappa shape index (κ2) is 8.75. The van der Waals surface area contributed by atoms with Crippen molar-refractivity contribution in [2.45, 2.75) is 52.9 Å². The lowest BCUT2D eigenvalue weighted by atomic mass is 9.73. The number of unbranched alkanes of at least 4 members (excludes halogenated alkanes) is 2. The molecular formula is C12H24MgO4. The van der Waals surface area contributed by atoms with Crippen LogP contribution in [-0.2, 0) is 9.59 Å². The molecule has 0 spiro atoms. The summed E-state index contributed by atoms with van der Waals surface area (Å²) in [5.41, 5.74) is -1.65. The van der Waals surface area contributed by atoms with E-state index in [1.807, 2.05) is 6.92 Å². The van der Waals surface area contributed by atoms with Gasteiger partial charge in [-0.05, 0) is 19.3 Å². The summed E-state index contributed by atoms with van der Waals surface area (Å²) in [5.74, 6) is -2.76. The van der Waals surface area contributed by atoms with Crippen LogP contribution in [0.1, 0.15) is 52.9 Å². The van der Waals surface area contributed by atoms with Gasteiger partial charge in [0, 0.05) is 0 Å². The molecule has 0 aromatic heterocycles. The highest BCUT2D eigenvalue weighted by Crippen LogP contribution is 2.34. The van der Waals surface area contributed by atoms with Crippen LogP contribution in [0.25, 0.3) is 0 Å². The molecule has 0 aliphatic carbocycles. The van der Waals surface area contributed by atoms with Gasteiger partial charge < -0.3 is 10.2 Å². The molecule has 5 heteroatoms. The molecule has 0 saturated heterocycles. The number of rotatable bonds is 8. The fourth-order valence-electron chi connectivity index (χ4n) is 1.98. The molecule has 0 amide bonds. The third kappa shape index (κ3) is 4.83. The Labute approximate surface area is 119 Å². The average Bonchev–Trinajstić information content (AvgIpc) is 2.23. The summed E-state index contributed by atoms with van der Waals surface area (Å²) in [6.45, 7) is 5.23. The second-order valence-corrected chi connectivity index (χ2v) is 4.41. The van der Waals surface area contributed by atoms with Gasteiger partial charge in [0.15, 0.2) is 5.41 Å². The third-order valence-electron chi connectivity index (χ3n) is 3.35. The van der Waals surface area contributed by atoms with Crippen LogP contribution in [0.15, 0.2) is 0 Å². The van der Waals surface area contributed by atoms with Gasteiger partial charge in [-0.1, -0.05) is 39.5 Å². The number of carboxylic acid groups (broad SMARTS) is 2. The predicted octanol–water partition coefficient (Wildman–Crippen LogP) is 1.85. The average molecular weight is 257 g/mol. The second-order valence-electron chi connectivity index (χ2n) is 4.41. The molecule has 98 valence electrons. The first-order valence-electron chi connectivity index (χ1n) is 5.87. The van der Waals surface area contributed by atoms with Crippen molar-refractivity contribution in [1.82, 2.24) is 0 Å². The maximum Gasteiger partial charge on any atom is 0.321 e. The largest absolute Gasteiger partial charge is 0.480 e. The topological polar surface area (TPSA) is 74.6 Å². The molecule has 2 N–H and O–H groups in total. The summed E-state index contributed by atoms with van der Waals surface area (Å²) >= 11 is 0. The Balaban J connectivity index is 0. The molecule has 0 aromatic carbocycles. The molecule has 4 nitrogen and oxygen atoms in total. The van der Waals surface area contributed by atoms with Gasteiger partial charge >= 0.3 is 35.0 Å². The molecule has 17 heavy (non-hydrogen) atoms. The highest BCUT2D eigenvalue weighted by molar-refractivity contribution is 5.98. The summed E-state index contributed by atoms with van der Waals surface area (Å²) in [6, 6.07) is 0. The third-order valence-corrected chi connectivity index (χ3v) is 3.35. The normalized spacial score (nSPS) is 12.6. The number of carboxylic acids is 2. The van der Waals surface area contributed by atoms with Crippen molar-refractivity contribution < 1.29 is 19.8 Å². The van der Waals surface area contributed by atoms with Crippen LogP contribution < -0.4 is 0 Å². The Kier molecular flexibility index (Phi) is 9.80. The SMILES string of the molecule is CCCCCC(CC)C(C)(C(=O)O)C(=O)O.[MgH2]. The molecule has 0 rings (SSSR count). The van der Waals surface area contributed by atoms with Crippen LogP contribution in [0.4, 0.5) is 0 Å². The molecule has 0 aliphatic rings. The minimum Gasteiger partial charge on any atom is -0.480 e. The van der Waals surface area contributed by atoms with Gasteiger partial charge in [0.05, 0.1) is 0 Å². The zero-order valence-corrected chi connectivity index (χ0v) is 10.3. The standard InChI is InChI=1S/C12H22O4.Mg.2H/c1-4-6-7-8-9(5-2)12(3,10(13)14)11(15)16;;;/h9H,4-8H2,1-3H3,(H,13,14)(H,15,16);;;. The summed E-state index contributed by atoms with van der Waals surface area (Å²) in [7, 11) is 0. The summed E-state index contributed by atoms with van der Waals surface area (Å²) in [5, 5.41) is 18.2. The van der Waals surface area contributed by atoms with Crippen molar-refractivity contribution in [1.29, 1.82) is 0 Å². The van der Waals surface area contributed by atoms with E-state index in [1.165, 1.54) is 6.92 Å². The van der Waals surface area contributed by atoms with Gasteiger partial charge in [0.25, 0.3) is 0 Å². The van der Waals surface area contributed by atoms with E-state index < -0.39 is 17.4 Å². The van der Waals surface area contributed by atoms with Crippen molar-refractivity contribution >= 4 is 35.0 Å². The van der Waals surface area contributed by atoms with Gasteiger partial charge in [0.1, 0.15) is 0 Å². The molecular weight excluding hydrogens is 232 g/mol. The zero-order chi connectivity index (χ0) is 12.8. The number of hydrogen-bond donors (Lipinski definition) is 2. The molecule has 0 aromatic rings. The molecule has 0 saturated carbocycles. The predicted molar refractivity (Wildman–Crippen MR) is 69.8 cm³/mol. The van der Waals surface area contributed by atoms with E-state index in [9.17, 15) is 9.59 Å². The molecule has 1 unspecified atom stereocenters. The molecule has 0 aliphatic heterocycles. The lowest BCUT2D eigenvalue weighted by molar-refractivity contribution is -0.168. The molecule has 0 heterocycles. The number of hydrogen-bond acceptors (Lipinski definition) is 2. The molecule has 1 atom stereocenters. The van der Waals surface area contributed by atoms with Gasteiger partial charge in [0.2, 0.25) is 0 Å².